The summed E-state index contributed by atoms with van der Waals surface area (Å²) >= 11 is 2.75. The molecule has 0 atom stereocenters. The molecule has 0 unspecified atom stereocenters. The molecular formula is H17B16I. The number of rotatable bonds is 7. The summed E-state index contributed by atoms with van der Waals surface area (Å²) in [5, 5.41) is 0. The molecule has 0 aliphatic heterocycles. The molecule has 0 aromatic heterocycles. The monoisotopic (exact) mass is 320 g/mol. The number of hydrogen-bond donors (Lipinski definition) is 0. The molecular weight excluding hydrogens is 300 g/mol. The Labute approximate surface area is 133 Å². The van der Waals surface area contributed by atoms with Crippen molar-refractivity contribution in [2.75, 3.05) is 0 Å². The summed E-state index contributed by atoms with van der Waals surface area (Å²) in [4.78, 5) is 0. The molecule has 0 aromatic rings. The number of halogens is 1. The van der Waals surface area contributed by atoms with Crippen molar-refractivity contribution in [3.8, 4) is 0 Å². The first-order chi connectivity index (χ1) is 7.73. The number of hydrogen-bond acceptors (Lipinski definition) is 0. The van der Waals surface area contributed by atoms with Crippen LogP contribution < -0.4 is 0 Å². The zero-order chi connectivity index (χ0) is 13.7. The van der Waals surface area contributed by atoms with Crippen LogP contribution in [0.2, 0.25) is 0 Å². The minimum atomic E-state index is 0.794. The van der Waals surface area contributed by atoms with Crippen LogP contribution in [0.3, 0.4) is 0 Å². The zero-order valence-electron chi connectivity index (χ0n) is 13.1. The fourth-order valence-corrected chi connectivity index (χ4v) is 6.57. The van der Waals surface area contributed by atoms with E-state index in [0.717, 1.165) is 42.7 Å². The first-order valence-corrected chi connectivity index (χ1v) is 8.62. The molecule has 0 rings (SSSR count). The van der Waals surface area contributed by atoms with Crippen molar-refractivity contribution in [1.82, 2.24) is 0 Å². The van der Waals surface area contributed by atoms with Gasteiger partial charge in [-0.1, -0.05) is 0 Å². The minimum absolute atomic E-state index is 0.794. The van der Waals surface area contributed by atoms with Crippen LogP contribution in [0, 0.1) is 0 Å². The molecule has 0 radical (unpaired) electrons. The zero-order valence-corrected chi connectivity index (χ0v) is 15.3. The van der Waals surface area contributed by atoms with E-state index in [2.05, 4.69) is 84.3 Å². The Morgan fingerprint density at radius 1 is 0.706 bits per heavy atom. The normalized spacial score (nSPS) is 9.00. The van der Waals surface area contributed by atoms with Crippen LogP contribution in [0.5, 0.6) is 0 Å². The largest absolute Gasteiger partial charge is 0.173 e. The molecule has 0 amide bonds. The maximum atomic E-state index is 2.75. The second-order valence-corrected chi connectivity index (χ2v) is 8.16. The smallest absolute Gasteiger partial charge is 0.120 e. The summed E-state index contributed by atoms with van der Waals surface area (Å²) in [5.41, 5.74) is 0. The Kier molecular flexibility index (Phi) is 9.76. The van der Waals surface area contributed by atoms with Crippen LogP contribution >= 0.6 is 22.4 Å². The van der Waals surface area contributed by atoms with E-state index in [-0.39, 0.29) is 0 Å². The molecule has 0 N–H and O–H groups in total. The summed E-state index contributed by atoms with van der Waals surface area (Å²) in [7, 11) is 20.5. The van der Waals surface area contributed by atoms with Crippen molar-refractivity contribution in [2.24, 2.45) is 0 Å². The first kappa shape index (κ1) is 18.8. The highest BCUT2D eigenvalue weighted by Crippen LogP contribution is 2.09. The van der Waals surface area contributed by atoms with Gasteiger partial charge in [0.1, 0.15) is 4.35 Å². The van der Waals surface area contributed by atoms with Crippen molar-refractivity contribution < 1.29 is 0 Å². The fourth-order valence-electron chi connectivity index (χ4n) is 3.37. The molecule has 17 heteroatoms. The molecule has 0 saturated carbocycles. The van der Waals surface area contributed by atoms with E-state index in [1.165, 1.54) is 7.06 Å². The standard InChI is InChI=1S/B16H17I/c1-9-13(8)15(12(6)7)16(17)14(10(2)3)11(4)5/h9H,1-8H2. The van der Waals surface area contributed by atoms with Crippen molar-refractivity contribution in [2.45, 2.75) is 0 Å². The van der Waals surface area contributed by atoms with Crippen LogP contribution in [-0.2, 0) is 0 Å². The van der Waals surface area contributed by atoms with E-state index in [1.54, 1.807) is 0 Å². The molecule has 0 spiro atoms. The van der Waals surface area contributed by atoms with Gasteiger partial charge in [0.25, 0.3) is 0 Å². The molecule has 0 bridgehead atoms. The van der Waals surface area contributed by atoms with E-state index >= 15 is 0 Å². The molecule has 72 valence electrons. The molecule has 0 aromatic carbocycles. The Balaban J connectivity index is 4.97. The Bertz CT molecular complexity index is 188. The van der Waals surface area contributed by atoms with Crippen LogP contribution in [-0.4, -0.2) is 112 Å². The summed E-state index contributed by atoms with van der Waals surface area (Å²) in [6.45, 7) is 0. The molecule has 0 fully saturated rings. The fraction of sp³-hybridized carbons (Fsp3) is 0. The molecule has 17 heavy (non-hydrogen) atoms. The highest BCUT2D eigenvalue weighted by Gasteiger charge is 2.41. The molecule has 0 heterocycles. The highest BCUT2D eigenvalue weighted by atomic mass is 127. The van der Waals surface area contributed by atoms with Gasteiger partial charge in [0, 0.05) is 45.4 Å². The summed E-state index contributed by atoms with van der Waals surface area (Å²) in [5.74, 6) is 0. The van der Waals surface area contributed by atoms with Crippen LogP contribution in [0.15, 0.2) is 0 Å². The lowest BCUT2D eigenvalue weighted by molar-refractivity contribution is 3.44. The van der Waals surface area contributed by atoms with Gasteiger partial charge in [-0.3, -0.25) is 0 Å². The Hall–Kier alpha value is 1.77. The Morgan fingerprint density at radius 2 is 1.06 bits per heavy atom. The summed E-state index contributed by atoms with van der Waals surface area (Å²) in [6, 6.07) is 0. The van der Waals surface area contributed by atoms with Gasteiger partial charge in [0.2, 0.25) is 0 Å². The average Bonchev–Trinajstić information content (AvgIpc) is 2.15. The van der Waals surface area contributed by atoms with Gasteiger partial charge in [-0.2, -0.15) is 22.4 Å². The van der Waals surface area contributed by atoms with Gasteiger partial charge in [0.05, 0.1) is 61.9 Å². The maximum Gasteiger partial charge on any atom is 0.120 e. The second-order valence-electron chi connectivity index (χ2n) is 6.72. The minimum Gasteiger partial charge on any atom is -0.173 e. The third kappa shape index (κ3) is 5.73. The van der Waals surface area contributed by atoms with E-state index in [0.29, 0.717) is 0 Å². The van der Waals surface area contributed by atoms with Gasteiger partial charge in [-0.25, -0.2) is 0 Å². The van der Waals surface area contributed by atoms with Crippen molar-refractivity contribution in [1.29, 1.82) is 0 Å². The predicted octanol–water partition coefficient (Wildman–Crippen LogP) is -9.76. The predicted molar refractivity (Wildman–Crippen MR) is 130 cm³/mol. The maximum absolute atomic E-state index is 2.75. The van der Waals surface area contributed by atoms with E-state index in [4.69, 9.17) is 0 Å². The lowest BCUT2D eigenvalue weighted by Gasteiger charge is -2.33. The Morgan fingerprint density at radius 3 is 1.29 bits per heavy atom. The second kappa shape index (κ2) is 8.84. The van der Waals surface area contributed by atoms with Crippen molar-refractivity contribution in [3.63, 3.8) is 0 Å². The van der Waals surface area contributed by atoms with Gasteiger partial charge >= 0.3 is 0 Å². The van der Waals surface area contributed by atoms with Crippen molar-refractivity contribution >= 4 is 134 Å². The van der Waals surface area contributed by atoms with Crippen molar-refractivity contribution in [3.05, 3.63) is 0 Å². The third-order valence-corrected chi connectivity index (χ3v) is 6.01. The first-order valence-electron chi connectivity index (χ1n) is 7.38. The molecule has 0 nitrogen and oxygen atoms in total. The van der Waals surface area contributed by atoms with Crippen LogP contribution in [0.25, 0.3) is 0 Å². The summed E-state index contributed by atoms with van der Waals surface area (Å²) in [6.07, 6.45) is 4.93. The molecule has 0 aliphatic rings. The van der Waals surface area contributed by atoms with Crippen LogP contribution in [0.4, 0.5) is 0 Å². The lowest BCUT2D eigenvalue weighted by atomic mass is 8.51. The highest BCUT2D eigenvalue weighted by molar-refractivity contribution is 14.1. The SMILES string of the molecule is BBB(B)B(B(B)B)B(I)B(B(B)B)B(B)B. The van der Waals surface area contributed by atoms with Gasteiger partial charge in [-0.05, 0) is 0 Å². The molecule has 0 saturated heterocycles. The van der Waals surface area contributed by atoms with Gasteiger partial charge < -0.3 is 0 Å². The van der Waals surface area contributed by atoms with E-state index < -0.39 is 0 Å². The summed E-state index contributed by atoms with van der Waals surface area (Å²) < 4.78 is 0.808. The molecule has 0 aliphatic carbocycles. The van der Waals surface area contributed by atoms with E-state index in [9.17, 15) is 0 Å². The topological polar surface area (TPSA) is 0 Å². The quantitative estimate of drug-likeness (QED) is 0.323. The lowest BCUT2D eigenvalue weighted by Crippen LogP contribution is -2.72. The average molecular weight is 317 g/mol. The van der Waals surface area contributed by atoms with Gasteiger partial charge in [-0.15, -0.1) is 0 Å². The third-order valence-electron chi connectivity index (χ3n) is 4.35. The van der Waals surface area contributed by atoms with Gasteiger partial charge in [0.15, 0.2) is 0 Å². The van der Waals surface area contributed by atoms with E-state index in [1.807, 2.05) is 0 Å². The van der Waals surface area contributed by atoms with Crippen LogP contribution in [0.1, 0.15) is 0 Å².